The van der Waals surface area contributed by atoms with Crippen molar-refractivity contribution >= 4 is 63.6 Å². The maximum absolute atomic E-state index is 13.6. The number of aryl methyl sites for hydroxylation is 1. The molecule has 3 N–H and O–H groups in total. The quantitative estimate of drug-likeness (QED) is 0.0771. The summed E-state index contributed by atoms with van der Waals surface area (Å²) < 4.78 is 10.4. The Hall–Kier alpha value is -4.87. The number of carbonyl (C=O) groups excluding carboxylic acids is 4. The van der Waals surface area contributed by atoms with E-state index in [2.05, 4.69) is 16.0 Å². The van der Waals surface area contributed by atoms with Gasteiger partial charge < -0.3 is 25.4 Å². The van der Waals surface area contributed by atoms with Crippen LogP contribution in [-0.2, 0) is 27.2 Å². The molecule has 260 valence electrons. The molecule has 4 aromatic rings. The Morgan fingerprint density at radius 3 is 2.32 bits per heavy atom. The zero-order chi connectivity index (χ0) is 35.5. The number of carbonyl (C=O) groups is 4. The predicted molar refractivity (Wildman–Crippen MR) is 200 cm³/mol. The molecule has 0 saturated heterocycles. The lowest BCUT2D eigenvalue weighted by molar-refractivity contribution is -0.116. The monoisotopic (exact) mass is 711 g/mol. The van der Waals surface area contributed by atoms with E-state index in [1.54, 1.807) is 79.9 Å². The topological polar surface area (TPSA) is 123 Å². The van der Waals surface area contributed by atoms with Gasteiger partial charge in [-0.05, 0) is 91.8 Å². The number of anilines is 2. The van der Waals surface area contributed by atoms with E-state index in [9.17, 15) is 19.2 Å². The highest BCUT2D eigenvalue weighted by molar-refractivity contribution is 8.00. The molecule has 0 aliphatic heterocycles. The number of hydrogen-bond acceptors (Lipinski definition) is 8. The van der Waals surface area contributed by atoms with E-state index in [-0.39, 0.29) is 11.6 Å². The average molecular weight is 712 g/mol. The molecule has 0 bridgehead atoms. The Kier molecular flexibility index (Phi) is 12.9. The maximum Gasteiger partial charge on any atom is 0.341 e. The van der Waals surface area contributed by atoms with Crippen molar-refractivity contribution in [2.75, 3.05) is 24.9 Å². The summed E-state index contributed by atoms with van der Waals surface area (Å²) >= 11 is 2.85. The first kappa shape index (κ1) is 36.4. The minimum atomic E-state index is -0.513. The SMILES string of the molecule is CCC(Sc1cccc(NC(=O)/C(=C\c2ccc(OC)cc2)NC(=O)c2ccccc2)c1)C(=O)Nc1sc2c(c1C(=O)OC)CCCCCC2. The van der Waals surface area contributed by atoms with Crippen molar-refractivity contribution in [1.82, 2.24) is 5.32 Å². The van der Waals surface area contributed by atoms with Crippen LogP contribution in [0.3, 0.4) is 0 Å². The van der Waals surface area contributed by atoms with E-state index in [1.807, 2.05) is 19.1 Å². The van der Waals surface area contributed by atoms with Gasteiger partial charge in [0.2, 0.25) is 5.91 Å². The summed E-state index contributed by atoms with van der Waals surface area (Å²) in [4.78, 5) is 55.1. The molecule has 1 heterocycles. The zero-order valence-corrected chi connectivity index (χ0v) is 30.0. The Balaban J connectivity index is 1.32. The lowest BCUT2D eigenvalue weighted by Crippen LogP contribution is -2.30. The van der Waals surface area contributed by atoms with Crippen LogP contribution in [0, 0.1) is 0 Å². The number of hydrogen-bond donors (Lipinski definition) is 3. The van der Waals surface area contributed by atoms with Gasteiger partial charge in [-0.1, -0.05) is 56.2 Å². The van der Waals surface area contributed by atoms with Gasteiger partial charge in [0.05, 0.1) is 25.0 Å². The predicted octanol–water partition coefficient (Wildman–Crippen LogP) is 8.12. The summed E-state index contributed by atoms with van der Waals surface area (Å²) in [5.41, 5.74) is 3.14. The normalized spacial score (nSPS) is 13.5. The number of nitrogens with one attached hydrogen (secondary N) is 3. The van der Waals surface area contributed by atoms with Crippen LogP contribution in [0.4, 0.5) is 10.7 Å². The first-order valence-electron chi connectivity index (χ1n) is 16.6. The largest absolute Gasteiger partial charge is 0.497 e. The molecule has 1 aliphatic carbocycles. The second-order valence-corrected chi connectivity index (χ2v) is 14.1. The van der Waals surface area contributed by atoms with Crippen molar-refractivity contribution in [2.24, 2.45) is 0 Å². The first-order chi connectivity index (χ1) is 24.3. The van der Waals surface area contributed by atoms with Gasteiger partial charge in [-0.15, -0.1) is 23.1 Å². The van der Waals surface area contributed by atoms with E-state index >= 15 is 0 Å². The van der Waals surface area contributed by atoms with Crippen LogP contribution in [0.5, 0.6) is 5.75 Å². The number of benzene rings is 3. The van der Waals surface area contributed by atoms with E-state index < -0.39 is 23.0 Å². The number of ether oxygens (including phenoxy) is 2. The molecule has 1 aliphatic rings. The molecule has 9 nitrogen and oxygen atoms in total. The molecule has 1 unspecified atom stereocenters. The summed E-state index contributed by atoms with van der Waals surface area (Å²) in [6, 6.07) is 23.0. The van der Waals surface area contributed by atoms with Crippen molar-refractivity contribution in [3.8, 4) is 5.75 Å². The Morgan fingerprint density at radius 1 is 0.880 bits per heavy atom. The number of thiophene rings is 1. The van der Waals surface area contributed by atoms with Crippen molar-refractivity contribution in [1.29, 1.82) is 0 Å². The van der Waals surface area contributed by atoms with Crippen molar-refractivity contribution in [2.45, 2.75) is 62.0 Å². The van der Waals surface area contributed by atoms with Gasteiger partial charge in [0.1, 0.15) is 16.4 Å². The number of methoxy groups -OCH3 is 2. The van der Waals surface area contributed by atoms with Crippen LogP contribution in [0.15, 0.2) is 89.5 Å². The fourth-order valence-corrected chi connectivity index (χ4v) is 7.95. The van der Waals surface area contributed by atoms with Crippen LogP contribution in [0.25, 0.3) is 6.08 Å². The van der Waals surface area contributed by atoms with Crippen LogP contribution in [0.1, 0.15) is 75.7 Å². The average Bonchev–Trinajstić information content (AvgIpc) is 3.45. The summed E-state index contributed by atoms with van der Waals surface area (Å²) in [7, 11) is 2.94. The summed E-state index contributed by atoms with van der Waals surface area (Å²) in [6.45, 7) is 1.93. The molecule has 0 fully saturated rings. The molecule has 0 spiro atoms. The highest BCUT2D eigenvalue weighted by atomic mass is 32.2. The lowest BCUT2D eigenvalue weighted by Gasteiger charge is -2.16. The fraction of sp³-hybridized carbons (Fsp3) is 0.282. The van der Waals surface area contributed by atoms with Crippen LogP contribution in [0.2, 0.25) is 0 Å². The molecule has 3 aromatic carbocycles. The fourth-order valence-electron chi connectivity index (χ4n) is 5.66. The molecule has 11 heteroatoms. The number of rotatable bonds is 12. The van der Waals surface area contributed by atoms with E-state index in [1.165, 1.54) is 30.2 Å². The standard InChI is InChI=1S/C39H41N3O6S2/c1-4-32(37(45)42-38-34(39(46)48-3)30-17-10-5-6-11-18-33(30)50-38)49-29-16-12-15-27(24-29)40-36(44)31(23-25-19-21-28(47-2)22-20-25)41-35(43)26-13-8-7-9-14-26/h7-9,12-16,19-24,32H,4-6,10-11,17-18H2,1-3H3,(H,40,44)(H,41,43)(H,42,45)/b31-23+. The van der Waals surface area contributed by atoms with Gasteiger partial charge in [0, 0.05) is 21.0 Å². The highest BCUT2D eigenvalue weighted by Crippen LogP contribution is 2.38. The third kappa shape index (κ3) is 9.42. The Morgan fingerprint density at radius 2 is 1.62 bits per heavy atom. The number of esters is 1. The Labute approximate surface area is 300 Å². The molecule has 1 atom stereocenters. The van der Waals surface area contributed by atoms with E-state index in [0.29, 0.717) is 39.5 Å². The van der Waals surface area contributed by atoms with Crippen LogP contribution >= 0.6 is 23.1 Å². The number of fused-ring (bicyclic) bond motifs is 1. The molecular weight excluding hydrogens is 671 g/mol. The van der Waals surface area contributed by atoms with Crippen LogP contribution in [-0.4, -0.2) is 43.2 Å². The Bertz CT molecular complexity index is 1850. The molecule has 1 aromatic heterocycles. The van der Waals surface area contributed by atoms with E-state index in [4.69, 9.17) is 9.47 Å². The minimum Gasteiger partial charge on any atom is -0.497 e. The number of thioether (sulfide) groups is 1. The lowest BCUT2D eigenvalue weighted by atomic mass is 9.96. The highest BCUT2D eigenvalue weighted by Gasteiger charge is 2.28. The number of amides is 3. The minimum absolute atomic E-state index is 0.0550. The summed E-state index contributed by atoms with van der Waals surface area (Å²) in [5.74, 6) is -0.906. The third-order valence-electron chi connectivity index (χ3n) is 8.29. The molecule has 5 rings (SSSR count). The van der Waals surface area contributed by atoms with Crippen LogP contribution < -0.4 is 20.7 Å². The van der Waals surface area contributed by atoms with Crippen molar-refractivity contribution in [3.05, 3.63) is 112 Å². The molecule has 0 radical (unpaired) electrons. The molecule has 0 saturated carbocycles. The second kappa shape index (κ2) is 17.7. The second-order valence-electron chi connectivity index (χ2n) is 11.8. The zero-order valence-electron chi connectivity index (χ0n) is 28.4. The molecular formula is C39H41N3O6S2. The van der Waals surface area contributed by atoms with Gasteiger partial charge in [0.25, 0.3) is 11.8 Å². The van der Waals surface area contributed by atoms with Crippen molar-refractivity contribution < 1.29 is 28.7 Å². The third-order valence-corrected chi connectivity index (χ3v) is 10.9. The van der Waals surface area contributed by atoms with Gasteiger partial charge in [-0.25, -0.2) is 4.79 Å². The van der Waals surface area contributed by atoms with Gasteiger partial charge in [-0.2, -0.15) is 0 Å². The maximum atomic E-state index is 13.6. The molecule has 3 amide bonds. The first-order valence-corrected chi connectivity index (χ1v) is 18.3. The summed E-state index contributed by atoms with van der Waals surface area (Å²) in [5, 5.41) is 8.78. The smallest absolute Gasteiger partial charge is 0.341 e. The molecule has 50 heavy (non-hydrogen) atoms. The van der Waals surface area contributed by atoms with Gasteiger partial charge in [-0.3, -0.25) is 14.4 Å². The van der Waals surface area contributed by atoms with Crippen molar-refractivity contribution in [3.63, 3.8) is 0 Å². The van der Waals surface area contributed by atoms with E-state index in [0.717, 1.165) is 53.9 Å². The summed E-state index contributed by atoms with van der Waals surface area (Å²) in [6.07, 6.45) is 8.14. The van der Waals surface area contributed by atoms with Gasteiger partial charge >= 0.3 is 5.97 Å². The van der Waals surface area contributed by atoms with Gasteiger partial charge in [0.15, 0.2) is 0 Å².